The van der Waals surface area contributed by atoms with Crippen LogP contribution in [0.15, 0.2) is 36.7 Å². The fourth-order valence-electron chi connectivity index (χ4n) is 2.50. The maximum absolute atomic E-state index is 12.3. The molecule has 2 N–H and O–H groups in total. The molecule has 10 nitrogen and oxygen atoms in total. The van der Waals surface area contributed by atoms with Crippen molar-refractivity contribution >= 4 is 17.3 Å². The molecule has 0 saturated heterocycles. The summed E-state index contributed by atoms with van der Waals surface area (Å²) in [4.78, 5) is 22.7. The monoisotopic (exact) mass is 356 g/mol. The number of nitrogens with one attached hydrogen (secondary N) is 2. The van der Waals surface area contributed by atoms with Crippen LogP contribution in [-0.4, -0.2) is 37.9 Å². The molecular formula is C16H16N6O4. The van der Waals surface area contributed by atoms with Crippen LogP contribution in [0.3, 0.4) is 0 Å². The van der Waals surface area contributed by atoms with Crippen LogP contribution in [0.2, 0.25) is 0 Å². The highest BCUT2D eigenvalue weighted by molar-refractivity contribution is 6.06. The molecule has 0 spiro atoms. The highest BCUT2D eigenvalue weighted by Crippen LogP contribution is 2.28. The lowest BCUT2D eigenvalue weighted by atomic mass is 10.1. The number of benzene rings is 1. The average molecular weight is 356 g/mol. The molecule has 3 aromatic rings. The highest BCUT2D eigenvalue weighted by Gasteiger charge is 2.30. The van der Waals surface area contributed by atoms with Gasteiger partial charge in [0.05, 0.1) is 30.5 Å². The normalized spacial score (nSPS) is 10.5. The number of aryl methyl sites for hydroxylation is 1. The first kappa shape index (κ1) is 17.1. The van der Waals surface area contributed by atoms with Crippen molar-refractivity contribution in [1.82, 2.24) is 20.0 Å². The standard InChI is InChI=1S/C16H16N6O4/c1-10-4-3-5-11(6-10)8-21-9-12(7-17-21)18-15(23)13-14(22(24)25)16(26-2)20-19-13/h3-7,9H,8H2,1-2H3,(H,18,23)(H,19,20). The van der Waals surface area contributed by atoms with Crippen LogP contribution in [0, 0.1) is 17.0 Å². The summed E-state index contributed by atoms with van der Waals surface area (Å²) in [6.45, 7) is 2.54. The third-order valence-electron chi connectivity index (χ3n) is 3.63. The number of nitro groups is 1. The Morgan fingerprint density at radius 1 is 1.46 bits per heavy atom. The third-order valence-corrected chi connectivity index (χ3v) is 3.63. The van der Waals surface area contributed by atoms with Gasteiger partial charge >= 0.3 is 11.6 Å². The number of aromatic nitrogens is 4. The van der Waals surface area contributed by atoms with Crippen LogP contribution in [0.25, 0.3) is 0 Å². The van der Waals surface area contributed by atoms with E-state index >= 15 is 0 Å². The van der Waals surface area contributed by atoms with Gasteiger partial charge in [-0.3, -0.25) is 24.7 Å². The molecule has 0 radical (unpaired) electrons. The summed E-state index contributed by atoms with van der Waals surface area (Å²) in [5, 5.41) is 23.8. The highest BCUT2D eigenvalue weighted by atomic mass is 16.6. The van der Waals surface area contributed by atoms with Gasteiger partial charge in [-0.15, -0.1) is 5.10 Å². The second-order valence-corrected chi connectivity index (χ2v) is 5.58. The SMILES string of the molecule is COc1n[nH]c(C(=O)Nc2cnn(Cc3cccc(C)c3)c2)c1[N+](=O)[O-]. The first-order valence-corrected chi connectivity index (χ1v) is 7.64. The zero-order valence-corrected chi connectivity index (χ0v) is 14.1. The smallest absolute Gasteiger partial charge is 0.362 e. The number of anilines is 1. The van der Waals surface area contributed by atoms with E-state index in [1.54, 1.807) is 10.9 Å². The molecule has 0 fully saturated rings. The molecule has 134 valence electrons. The molecule has 26 heavy (non-hydrogen) atoms. The van der Waals surface area contributed by atoms with Crippen LogP contribution in [0.4, 0.5) is 11.4 Å². The summed E-state index contributed by atoms with van der Waals surface area (Å²) < 4.78 is 6.45. The van der Waals surface area contributed by atoms with Gasteiger partial charge in [-0.25, -0.2) is 0 Å². The topological polar surface area (TPSA) is 128 Å². The fourth-order valence-corrected chi connectivity index (χ4v) is 2.50. The van der Waals surface area contributed by atoms with E-state index in [4.69, 9.17) is 4.74 Å². The van der Waals surface area contributed by atoms with Crippen molar-refractivity contribution in [3.8, 4) is 5.88 Å². The van der Waals surface area contributed by atoms with Gasteiger partial charge in [0.1, 0.15) is 0 Å². The van der Waals surface area contributed by atoms with Crippen molar-refractivity contribution < 1.29 is 14.5 Å². The Morgan fingerprint density at radius 3 is 2.96 bits per heavy atom. The molecule has 0 aliphatic rings. The number of aromatic amines is 1. The maximum atomic E-state index is 12.3. The molecule has 3 rings (SSSR count). The Labute approximate surface area is 147 Å². The van der Waals surface area contributed by atoms with Gasteiger partial charge in [-0.05, 0) is 12.5 Å². The van der Waals surface area contributed by atoms with E-state index in [9.17, 15) is 14.9 Å². The summed E-state index contributed by atoms with van der Waals surface area (Å²) in [5.41, 5.74) is 1.81. The number of H-pyrrole nitrogens is 1. The minimum Gasteiger partial charge on any atom is -0.475 e. The van der Waals surface area contributed by atoms with Crippen molar-refractivity contribution in [3.05, 3.63) is 63.6 Å². The molecular weight excluding hydrogens is 340 g/mol. The van der Waals surface area contributed by atoms with E-state index in [0.717, 1.165) is 11.1 Å². The second kappa shape index (κ2) is 7.05. The largest absolute Gasteiger partial charge is 0.475 e. The quantitative estimate of drug-likeness (QED) is 0.514. The number of ether oxygens (including phenoxy) is 1. The molecule has 0 atom stereocenters. The van der Waals surface area contributed by atoms with Crippen LogP contribution in [-0.2, 0) is 6.54 Å². The van der Waals surface area contributed by atoms with Crippen molar-refractivity contribution in [2.75, 3.05) is 12.4 Å². The number of hydrogen-bond donors (Lipinski definition) is 2. The molecule has 0 unspecified atom stereocenters. The molecule has 0 aliphatic heterocycles. The zero-order valence-electron chi connectivity index (χ0n) is 14.1. The Hall–Kier alpha value is -3.69. The van der Waals surface area contributed by atoms with Gasteiger partial charge in [-0.2, -0.15) is 5.10 Å². The van der Waals surface area contributed by atoms with Crippen molar-refractivity contribution in [1.29, 1.82) is 0 Å². The van der Waals surface area contributed by atoms with Crippen LogP contribution >= 0.6 is 0 Å². The van der Waals surface area contributed by atoms with Gasteiger partial charge in [0.25, 0.3) is 5.91 Å². The molecule has 2 heterocycles. The number of hydrogen-bond acceptors (Lipinski definition) is 6. The second-order valence-electron chi connectivity index (χ2n) is 5.58. The average Bonchev–Trinajstić information content (AvgIpc) is 3.21. The van der Waals surface area contributed by atoms with E-state index in [-0.39, 0.29) is 11.6 Å². The number of carbonyl (C=O) groups excluding carboxylic acids is 1. The van der Waals surface area contributed by atoms with Gasteiger partial charge in [0, 0.05) is 6.20 Å². The van der Waals surface area contributed by atoms with E-state index in [1.165, 1.54) is 13.3 Å². The van der Waals surface area contributed by atoms with E-state index in [2.05, 4.69) is 20.6 Å². The van der Waals surface area contributed by atoms with Gasteiger partial charge in [-0.1, -0.05) is 29.8 Å². The zero-order chi connectivity index (χ0) is 18.7. The molecule has 10 heteroatoms. The minimum absolute atomic E-state index is 0.254. The van der Waals surface area contributed by atoms with Crippen molar-refractivity contribution in [2.45, 2.75) is 13.5 Å². The number of nitrogens with zero attached hydrogens (tertiary/aromatic N) is 4. The molecule has 1 amide bonds. The minimum atomic E-state index is -0.724. The molecule has 0 bridgehead atoms. The summed E-state index contributed by atoms with van der Waals surface area (Å²) >= 11 is 0. The van der Waals surface area contributed by atoms with Crippen LogP contribution in [0.1, 0.15) is 21.6 Å². The molecule has 1 aromatic carbocycles. The predicted octanol–water partition coefficient (Wildman–Crippen LogP) is 2.13. The summed E-state index contributed by atoms with van der Waals surface area (Å²) in [6.07, 6.45) is 3.10. The van der Waals surface area contributed by atoms with Gasteiger partial charge in [0.15, 0.2) is 0 Å². The lowest BCUT2D eigenvalue weighted by molar-refractivity contribution is -0.386. The van der Waals surface area contributed by atoms with Crippen LogP contribution in [0.5, 0.6) is 5.88 Å². The Balaban J connectivity index is 1.74. The number of carbonyl (C=O) groups is 1. The third kappa shape index (κ3) is 3.53. The molecule has 0 aliphatic carbocycles. The van der Waals surface area contributed by atoms with E-state index in [1.807, 2.05) is 31.2 Å². The Bertz CT molecular complexity index is 961. The summed E-state index contributed by atoms with van der Waals surface area (Å²) in [5.74, 6) is -0.960. The molecule has 2 aromatic heterocycles. The summed E-state index contributed by atoms with van der Waals surface area (Å²) in [6, 6.07) is 7.98. The summed E-state index contributed by atoms with van der Waals surface area (Å²) in [7, 11) is 1.24. The van der Waals surface area contributed by atoms with Gasteiger partial charge < -0.3 is 10.1 Å². The number of amides is 1. The fraction of sp³-hybridized carbons (Fsp3) is 0.188. The Morgan fingerprint density at radius 2 is 2.27 bits per heavy atom. The predicted molar refractivity (Wildman–Crippen MR) is 92.3 cm³/mol. The lowest BCUT2D eigenvalue weighted by Crippen LogP contribution is -2.14. The van der Waals surface area contributed by atoms with E-state index < -0.39 is 16.5 Å². The van der Waals surface area contributed by atoms with Crippen molar-refractivity contribution in [2.24, 2.45) is 0 Å². The first-order chi connectivity index (χ1) is 12.5. The van der Waals surface area contributed by atoms with Gasteiger partial charge in [0.2, 0.25) is 5.69 Å². The number of methoxy groups -OCH3 is 1. The Kier molecular flexibility index (Phi) is 4.65. The molecule has 0 saturated carbocycles. The van der Waals surface area contributed by atoms with Crippen LogP contribution < -0.4 is 10.1 Å². The lowest BCUT2D eigenvalue weighted by Gasteiger charge is -2.03. The maximum Gasteiger partial charge on any atom is 0.362 e. The number of rotatable bonds is 6. The van der Waals surface area contributed by atoms with E-state index in [0.29, 0.717) is 12.2 Å². The first-order valence-electron chi connectivity index (χ1n) is 7.64. The van der Waals surface area contributed by atoms with Crippen molar-refractivity contribution in [3.63, 3.8) is 0 Å².